The molecule has 1 aromatic rings. The molecule has 0 atom stereocenters. The molecule has 106 valence electrons. The van der Waals surface area contributed by atoms with Crippen LogP contribution in [-0.4, -0.2) is 19.7 Å². The summed E-state index contributed by atoms with van der Waals surface area (Å²) < 4.78 is 10.9. The topological polar surface area (TPSA) is 59.3 Å². The third-order valence-corrected chi connectivity index (χ3v) is 4.56. The molecule has 0 radical (unpaired) electrons. The molecule has 0 unspecified atom stereocenters. The summed E-state index contributed by atoms with van der Waals surface area (Å²) in [5.41, 5.74) is 0.0379. The minimum Gasteiger partial charge on any atom is -0.496 e. The molecule has 0 heterocycles. The summed E-state index contributed by atoms with van der Waals surface area (Å²) in [5, 5.41) is 9.41. The number of nitrogens with zero attached hydrogens (tertiary/aromatic N) is 1. The molecule has 0 spiro atoms. The second-order valence-electron chi connectivity index (χ2n) is 4.74. The number of hydrogen-bond acceptors (Lipinski definition) is 4. The van der Waals surface area contributed by atoms with Gasteiger partial charge in [0, 0.05) is 17.0 Å². The van der Waals surface area contributed by atoms with Gasteiger partial charge in [-0.05, 0) is 34.8 Å². The average molecular weight is 359 g/mol. The van der Waals surface area contributed by atoms with Gasteiger partial charge < -0.3 is 9.47 Å². The number of nitriles is 1. The summed E-state index contributed by atoms with van der Waals surface area (Å²) in [6.45, 7) is 0.232. The molecular formula is C14H13BrClNO3. The van der Waals surface area contributed by atoms with E-state index in [0.29, 0.717) is 27.2 Å². The molecule has 20 heavy (non-hydrogen) atoms. The van der Waals surface area contributed by atoms with E-state index in [2.05, 4.69) is 22.0 Å². The van der Waals surface area contributed by atoms with Crippen molar-refractivity contribution >= 4 is 33.5 Å². The Balaban J connectivity index is 2.02. The van der Waals surface area contributed by atoms with Crippen LogP contribution >= 0.6 is 27.5 Å². The van der Waals surface area contributed by atoms with Crippen LogP contribution in [0.2, 0.25) is 5.02 Å². The zero-order valence-corrected chi connectivity index (χ0v) is 13.3. The third-order valence-electron chi connectivity index (χ3n) is 3.37. The number of ether oxygens (including phenoxy) is 2. The fraction of sp³-hybridized carbons (Fsp3) is 0.429. The number of esters is 1. The Hall–Kier alpha value is -1.25. The van der Waals surface area contributed by atoms with E-state index in [9.17, 15) is 4.79 Å². The average Bonchev–Trinajstić information content (AvgIpc) is 3.21. The van der Waals surface area contributed by atoms with Crippen LogP contribution in [0.5, 0.6) is 5.75 Å². The van der Waals surface area contributed by atoms with E-state index >= 15 is 0 Å². The fourth-order valence-electron chi connectivity index (χ4n) is 1.84. The SMILES string of the molecule is COc1cc(Cl)c(Br)cc1C(=O)OCCC1(C#N)CC1. The van der Waals surface area contributed by atoms with Crippen LogP contribution in [0, 0.1) is 16.7 Å². The van der Waals surface area contributed by atoms with Crippen LogP contribution in [0.4, 0.5) is 0 Å². The molecular weight excluding hydrogens is 346 g/mol. The second kappa shape index (κ2) is 6.02. The minimum atomic E-state index is -0.479. The van der Waals surface area contributed by atoms with Crippen molar-refractivity contribution in [1.29, 1.82) is 5.26 Å². The first-order valence-corrected chi connectivity index (χ1v) is 7.30. The van der Waals surface area contributed by atoms with Crippen molar-refractivity contribution in [3.63, 3.8) is 0 Å². The molecule has 1 aliphatic rings. The lowest BCUT2D eigenvalue weighted by atomic mass is 10.1. The highest BCUT2D eigenvalue weighted by Gasteiger charge is 2.42. The first-order valence-electron chi connectivity index (χ1n) is 6.13. The molecule has 2 rings (SSSR count). The summed E-state index contributed by atoms with van der Waals surface area (Å²) in [6, 6.07) is 5.39. The summed E-state index contributed by atoms with van der Waals surface area (Å²) in [4.78, 5) is 12.0. The molecule has 4 nitrogen and oxygen atoms in total. The standard InChI is InChI=1S/C14H13BrClNO3/c1-19-12-7-11(16)10(15)6-9(12)13(18)20-5-4-14(8-17)2-3-14/h6-7H,2-5H2,1H3. The Morgan fingerprint density at radius 2 is 2.25 bits per heavy atom. The van der Waals surface area contributed by atoms with Crippen molar-refractivity contribution in [3.8, 4) is 11.8 Å². The van der Waals surface area contributed by atoms with Gasteiger partial charge in [-0.15, -0.1) is 0 Å². The maximum absolute atomic E-state index is 12.0. The van der Waals surface area contributed by atoms with E-state index in [0.717, 1.165) is 12.8 Å². The number of methoxy groups -OCH3 is 1. The Kier molecular flexibility index (Phi) is 4.56. The monoisotopic (exact) mass is 357 g/mol. The Morgan fingerprint density at radius 1 is 1.55 bits per heavy atom. The predicted molar refractivity (Wildman–Crippen MR) is 77.9 cm³/mol. The molecule has 0 amide bonds. The highest BCUT2D eigenvalue weighted by molar-refractivity contribution is 9.10. The van der Waals surface area contributed by atoms with Crippen molar-refractivity contribution in [2.75, 3.05) is 13.7 Å². The number of carbonyl (C=O) groups excluding carboxylic acids is 1. The van der Waals surface area contributed by atoms with Crippen LogP contribution in [0.25, 0.3) is 0 Å². The smallest absolute Gasteiger partial charge is 0.341 e. The van der Waals surface area contributed by atoms with Gasteiger partial charge in [-0.25, -0.2) is 4.79 Å². The van der Waals surface area contributed by atoms with Gasteiger partial charge in [-0.3, -0.25) is 0 Å². The van der Waals surface area contributed by atoms with Crippen LogP contribution in [0.3, 0.4) is 0 Å². The van der Waals surface area contributed by atoms with E-state index in [1.165, 1.54) is 7.11 Å². The number of benzene rings is 1. The minimum absolute atomic E-state index is 0.232. The fourth-order valence-corrected chi connectivity index (χ4v) is 2.34. The van der Waals surface area contributed by atoms with E-state index < -0.39 is 5.97 Å². The Morgan fingerprint density at radius 3 is 2.80 bits per heavy atom. The largest absolute Gasteiger partial charge is 0.496 e. The molecule has 6 heteroatoms. The zero-order valence-electron chi connectivity index (χ0n) is 10.9. The van der Waals surface area contributed by atoms with Crippen LogP contribution in [-0.2, 0) is 4.74 Å². The number of halogens is 2. The highest BCUT2D eigenvalue weighted by Crippen LogP contribution is 2.48. The van der Waals surface area contributed by atoms with E-state index in [-0.39, 0.29) is 12.0 Å². The summed E-state index contributed by atoms with van der Waals surface area (Å²) >= 11 is 9.21. The molecule has 0 aliphatic heterocycles. The van der Waals surface area contributed by atoms with Crippen LogP contribution in [0.15, 0.2) is 16.6 Å². The lowest BCUT2D eigenvalue weighted by molar-refractivity contribution is 0.0483. The molecule has 0 bridgehead atoms. The van der Waals surface area contributed by atoms with Gasteiger partial charge in [-0.2, -0.15) is 5.26 Å². The molecule has 1 aliphatic carbocycles. The van der Waals surface area contributed by atoms with Crippen molar-refractivity contribution in [2.24, 2.45) is 5.41 Å². The van der Waals surface area contributed by atoms with Gasteiger partial charge in [-0.1, -0.05) is 11.6 Å². The van der Waals surface area contributed by atoms with Gasteiger partial charge in [0.05, 0.1) is 30.2 Å². The van der Waals surface area contributed by atoms with E-state index in [1.54, 1.807) is 12.1 Å². The molecule has 1 saturated carbocycles. The van der Waals surface area contributed by atoms with E-state index in [4.69, 9.17) is 26.3 Å². The summed E-state index contributed by atoms with van der Waals surface area (Å²) in [6.07, 6.45) is 2.35. The van der Waals surface area contributed by atoms with Crippen molar-refractivity contribution in [2.45, 2.75) is 19.3 Å². The predicted octanol–water partition coefficient (Wildman–Crippen LogP) is 3.96. The molecule has 0 N–H and O–H groups in total. The van der Waals surface area contributed by atoms with E-state index in [1.807, 2.05) is 0 Å². The molecule has 1 fully saturated rings. The third kappa shape index (κ3) is 3.25. The van der Waals surface area contributed by atoms with Crippen molar-refractivity contribution in [1.82, 2.24) is 0 Å². The number of hydrogen-bond donors (Lipinski definition) is 0. The van der Waals surface area contributed by atoms with Crippen molar-refractivity contribution < 1.29 is 14.3 Å². The van der Waals surface area contributed by atoms with Crippen LogP contribution < -0.4 is 4.74 Å². The van der Waals surface area contributed by atoms with Gasteiger partial charge in [0.15, 0.2) is 0 Å². The number of carbonyl (C=O) groups is 1. The Labute approximate surface area is 130 Å². The molecule has 0 saturated heterocycles. The lowest BCUT2D eigenvalue weighted by Gasteiger charge is -2.11. The maximum atomic E-state index is 12.0. The first-order chi connectivity index (χ1) is 9.51. The molecule has 1 aromatic carbocycles. The summed E-state index contributed by atoms with van der Waals surface area (Å²) in [5.74, 6) is -0.113. The van der Waals surface area contributed by atoms with Crippen LogP contribution in [0.1, 0.15) is 29.6 Å². The first kappa shape index (κ1) is 15.1. The normalized spacial score (nSPS) is 15.3. The highest BCUT2D eigenvalue weighted by atomic mass is 79.9. The van der Waals surface area contributed by atoms with Crippen molar-refractivity contribution in [3.05, 3.63) is 27.2 Å². The number of rotatable bonds is 5. The maximum Gasteiger partial charge on any atom is 0.341 e. The second-order valence-corrected chi connectivity index (χ2v) is 6.01. The van der Waals surface area contributed by atoms with Gasteiger partial charge in [0.1, 0.15) is 11.3 Å². The zero-order chi connectivity index (χ0) is 14.8. The summed E-state index contributed by atoms with van der Waals surface area (Å²) in [7, 11) is 1.46. The molecule has 0 aromatic heterocycles. The Bertz CT molecular complexity index is 579. The van der Waals surface area contributed by atoms with Gasteiger partial charge in [0.25, 0.3) is 0 Å². The van der Waals surface area contributed by atoms with Gasteiger partial charge >= 0.3 is 5.97 Å². The lowest BCUT2D eigenvalue weighted by Crippen LogP contribution is -2.11. The van der Waals surface area contributed by atoms with Gasteiger partial charge in [0.2, 0.25) is 0 Å². The quantitative estimate of drug-likeness (QED) is 0.748.